The van der Waals surface area contributed by atoms with Crippen LogP contribution in [0, 0.1) is 0 Å². The normalized spacial score (nSPS) is 11.4. The summed E-state index contributed by atoms with van der Waals surface area (Å²) in [6, 6.07) is 81.8. The first-order valence-electron chi connectivity index (χ1n) is 19.8. The fourth-order valence-corrected chi connectivity index (χ4v) is 9.80. The third-order valence-electron chi connectivity index (χ3n) is 11.5. The molecule has 0 bridgehead atoms. The van der Waals surface area contributed by atoms with E-state index in [1.54, 1.807) is 0 Å². The van der Waals surface area contributed by atoms with Gasteiger partial charge in [-0.05, 0) is 121 Å². The molecule has 0 aliphatic rings. The Morgan fingerprint density at radius 1 is 0.276 bits per heavy atom. The summed E-state index contributed by atoms with van der Waals surface area (Å²) in [5.41, 5.74) is 13.1. The van der Waals surface area contributed by atoms with Gasteiger partial charge in [0.2, 0.25) is 0 Å². The van der Waals surface area contributed by atoms with Gasteiger partial charge in [0.25, 0.3) is 0 Å². The van der Waals surface area contributed by atoms with Crippen LogP contribution < -0.4 is 4.90 Å². The van der Waals surface area contributed by atoms with Crippen LogP contribution in [0.25, 0.3) is 86.2 Å². The van der Waals surface area contributed by atoms with Crippen LogP contribution in [0.5, 0.6) is 0 Å². The molecule has 10 aromatic carbocycles. The van der Waals surface area contributed by atoms with E-state index in [4.69, 9.17) is 0 Å². The number of nitrogens with zero attached hydrogens (tertiary/aromatic N) is 1. The van der Waals surface area contributed by atoms with Crippen LogP contribution in [0.2, 0.25) is 0 Å². The van der Waals surface area contributed by atoms with Crippen LogP contribution in [-0.4, -0.2) is 0 Å². The molecule has 1 heterocycles. The Hall–Kier alpha value is -7.26. The second-order valence-electron chi connectivity index (χ2n) is 14.9. The molecule has 272 valence electrons. The molecule has 0 radical (unpaired) electrons. The van der Waals surface area contributed by atoms with Crippen molar-refractivity contribution in [2.45, 2.75) is 0 Å². The standard InChI is InChI=1S/C56H37NS/c1-3-17-48-39(11-1)13-8-20-50(48)41-27-33-46(34-28-41)57(47-35-29-42(30-36-47)51-21-9-14-40-12-2-4-18-49(40)51)45-31-25-38(26-32-45)43-15-7-16-44(37-43)52-22-10-24-55-56(52)53-19-5-6-23-54(53)58-55/h1-37H. The van der Waals surface area contributed by atoms with Crippen LogP contribution in [0.1, 0.15) is 0 Å². The monoisotopic (exact) mass is 755 g/mol. The lowest BCUT2D eigenvalue weighted by atomic mass is 9.95. The van der Waals surface area contributed by atoms with Gasteiger partial charge >= 0.3 is 0 Å². The summed E-state index contributed by atoms with van der Waals surface area (Å²) < 4.78 is 2.65. The van der Waals surface area contributed by atoms with Gasteiger partial charge in [-0.15, -0.1) is 11.3 Å². The van der Waals surface area contributed by atoms with E-state index in [1.807, 2.05) is 11.3 Å². The van der Waals surface area contributed by atoms with Crippen molar-refractivity contribution in [3.8, 4) is 44.5 Å². The van der Waals surface area contributed by atoms with Gasteiger partial charge in [0, 0.05) is 37.2 Å². The van der Waals surface area contributed by atoms with Gasteiger partial charge in [-0.3, -0.25) is 0 Å². The molecule has 0 spiro atoms. The highest BCUT2D eigenvalue weighted by Crippen LogP contribution is 2.42. The zero-order chi connectivity index (χ0) is 38.4. The Morgan fingerprint density at radius 2 is 0.707 bits per heavy atom. The summed E-state index contributed by atoms with van der Waals surface area (Å²) >= 11 is 1.87. The van der Waals surface area contributed by atoms with E-state index in [1.165, 1.54) is 86.2 Å². The molecule has 2 heteroatoms. The summed E-state index contributed by atoms with van der Waals surface area (Å²) in [6.45, 7) is 0. The third kappa shape index (κ3) is 6.03. The molecule has 0 saturated heterocycles. The van der Waals surface area contributed by atoms with Crippen molar-refractivity contribution in [3.05, 3.63) is 224 Å². The Balaban J connectivity index is 0.975. The van der Waals surface area contributed by atoms with Gasteiger partial charge in [0.15, 0.2) is 0 Å². The lowest BCUT2D eigenvalue weighted by molar-refractivity contribution is 1.28. The molecule has 0 saturated carbocycles. The zero-order valence-corrected chi connectivity index (χ0v) is 32.5. The molecule has 1 nitrogen and oxygen atoms in total. The van der Waals surface area contributed by atoms with Gasteiger partial charge in [-0.25, -0.2) is 0 Å². The van der Waals surface area contributed by atoms with Crippen molar-refractivity contribution in [1.82, 2.24) is 0 Å². The number of thiophene rings is 1. The quantitative estimate of drug-likeness (QED) is 0.157. The molecule has 0 unspecified atom stereocenters. The van der Waals surface area contributed by atoms with Gasteiger partial charge in [0.1, 0.15) is 0 Å². The summed E-state index contributed by atoms with van der Waals surface area (Å²) in [5, 5.41) is 7.68. The van der Waals surface area contributed by atoms with E-state index in [2.05, 4.69) is 229 Å². The Kier molecular flexibility index (Phi) is 8.42. The third-order valence-corrected chi connectivity index (χ3v) is 12.6. The van der Waals surface area contributed by atoms with Gasteiger partial charge in [0.05, 0.1) is 0 Å². The topological polar surface area (TPSA) is 3.24 Å². The first kappa shape index (κ1) is 34.0. The van der Waals surface area contributed by atoms with Gasteiger partial charge in [-0.1, -0.05) is 170 Å². The van der Waals surface area contributed by atoms with Crippen molar-refractivity contribution in [2.75, 3.05) is 4.90 Å². The number of fused-ring (bicyclic) bond motifs is 5. The van der Waals surface area contributed by atoms with Crippen molar-refractivity contribution in [1.29, 1.82) is 0 Å². The predicted molar refractivity (Wildman–Crippen MR) is 251 cm³/mol. The highest BCUT2D eigenvalue weighted by molar-refractivity contribution is 7.25. The average molecular weight is 756 g/mol. The first-order valence-corrected chi connectivity index (χ1v) is 20.6. The average Bonchev–Trinajstić information content (AvgIpc) is 3.69. The summed E-state index contributed by atoms with van der Waals surface area (Å²) in [6.07, 6.45) is 0. The maximum atomic E-state index is 2.36. The minimum Gasteiger partial charge on any atom is -0.311 e. The zero-order valence-electron chi connectivity index (χ0n) is 31.7. The molecule has 0 aliphatic heterocycles. The minimum atomic E-state index is 1.10. The number of hydrogen-bond acceptors (Lipinski definition) is 2. The SMILES string of the molecule is c1cc(-c2ccc(N(c3ccc(-c4cccc5ccccc45)cc3)c3ccc(-c4cccc5ccccc45)cc3)cc2)cc(-c2cccc3sc4ccccc4c23)c1. The molecule has 0 amide bonds. The van der Waals surface area contributed by atoms with E-state index < -0.39 is 0 Å². The molecule has 0 N–H and O–H groups in total. The molecular formula is C56H37NS. The fraction of sp³-hybridized carbons (Fsp3) is 0. The lowest BCUT2D eigenvalue weighted by Gasteiger charge is -2.26. The Morgan fingerprint density at radius 3 is 1.31 bits per heavy atom. The van der Waals surface area contributed by atoms with E-state index >= 15 is 0 Å². The lowest BCUT2D eigenvalue weighted by Crippen LogP contribution is -2.09. The van der Waals surface area contributed by atoms with Crippen LogP contribution >= 0.6 is 11.3 Å². The van der Waals surface area contributed by atoms with Crippen molar-refractivity contribution >= 4 is 70.1 Å². The van der Waals surface area contributed by atoms with E-state index in [-0.39, 0.29) is 0 Å². The van der Waals surface area contributed by atoms with Gasteiger partial charge in [-0.2, -0.15) is 0 Å². The molecule has 0 atom stereocenters. The summed E-state index contributed by atoms with van der Waals surface area (Å²) in [7, 11) is 0. The van der Waals surface area contributed by atoms with Crippen LogP contribution in [0.3, 0.4) is 0 Å². The fourth-order valence-electron chi connectivity index (χ4n) is 8.67. The molecule has 11 rings (SSSR count). The number of hydrogen-bond donors (Lipinski definition) is 0. The highest BCUT2D eigenvalue weighted by atomic mass is 32.1. The van der Waals surface area contributed by atoms with Gasteiger partial charge < -0.3 is 4.90 Å². The van der Waals surface area contributed by atoms with Crippen LogP contribution in [-0.2, 0) is 0 Å². The largest absolute Gasteiger partial charge is 0.311 e. The molecule has 58 heavy (non-hydrogen) atoms. The maximum Gasteiger partial charge on any atom is 0.0462 e. The number of rotatable bonds is 7. The van der Waals surface area contributed by atoms with E-state index in [0.29, 0.717) is 0 Å². The number of anilines is 3. The molecule has 0 fully saturated rings. The summed E-state index contributed by atoms with van der Waals surface area (Å²) in [4.78, 5) is 2.36. The van der Waals surface area contributed by atoms with Crippen molar-refractivity contribution < 1.29 is 0 Å². The van der Waals surface area contributed by atoms with Crippen LogP contribution in [0.4, 0.5) is 17.1 Å². The van der Waals surface area contributed by atoms with Crippen molar-refractivity contribution in [2.24, 2.45) is 0 Å². The summed E-state index contributed by atoms with van der Waals surface area (Å²) in [5.74, 6) is 0. The first-order chi connectivity index (χ1) is 28.7. The molecule has 0 aliphatic carbocycles. The van der Waals surface area contributed by atoms with Crippen LogP contribution in [0.15, 0.2) is 224 Å². The second-order valence-corrected chi connectivity index (χ2v) is 16.0. The number of benzene rings is 10. The predicted octanol–water partition coefficient (Wildman–Crippen LogP) is 16.5. The molecular weight excluding hydrogens is 719 g/mol. The highest BCUT2D eigenvalue weighted by Gasteiger charge is 2.16. The Labute approximate surface area is 342 Å². The van der Waals surface area contributed by atoms with E-state index in [0.717, 1.165) is 17.1 Å². The smallest absolute Gasteiger partial charge is 0.0462 e. The Bertz CT molecular complexity index is 3130. The molecule has 11 aromatic rings. The second kappa shape index (κ2) is 14.4. The van der Waals surface area contributed by atoms with E-state index in [9.17, 15) is 0 Å². The minimum absolute atomic E-state index is 1.10. The maximum absolute atomic E-state index is 2.36. The molecule has 1 aromatic heterocycles. The van der Waals surface area contributed by atoms with Crippen molar-refractivity contribution in [3.63, 3.8) is 0 Å².